The van der Waals surface area contributed by atoms with Crippen LogP contribution in [-0.2, 0) is 4.84 Å². The number of benzene rings is 1. The third-order valence-electron chi connectivity index (χ3n) is 10.7. The third kappa shape index (κ3) is 6.45. The molecule has 8 rings (SSSR count). The number of nitrogens with two attached hydrogens (primary N) is 2. The van der Waals surface area contributed by atoms with Crippen LogP contribution in [0.5, 0.6) is 11.8 Å². The molecule has 19 heteroatoms. The smallest absolute Gasteiger partial charge is 0.425 e. The second kappa shape index (κ2) is 14.0. The number of pyridine rings is 1. The summed E-state index contributed by atoms with van der Waals surface area (Å²) in [6.45, 7) is 1.70. The first kappa shape index (κ1) is 37.1. The lowest BCUT2D eigenvalue weighted by Gasteiger charge is -2.32. The Labute approximate surface area is 320 Å². The number of nitrogen functional groups attached to an aromatic ring is 1. The average Bonchev–Trinajstić information content (AvgIpc) is 3.76. The van der Waals surface area contributed by atoms with Crippen molar-refractivity contribution < 1.29 is 36.3 Å². The highest BCUT2D eigenvalue weighted by molar-refractivity contribution is 8.07. The number of halogens is 6. The Morgan fingerprint density at radius 2 is 2.07 bits per heavy atom. The molecule has 2 fully saturated rings. The van der Waals surface area contributed by atoms with E-state index in [1.54, 1.807) is 12.3 Å². The fourth-order valence-electron chi connectivity index (χ4n) is 8.23. The van der Waals surface area contributed by atoms with Gasteiger partial charge in [-0.05, 0) is 38.5 Å². The lowest BCUT2D eigenvalue weighted by atomic mass is 9.78. The van der Waals surface area contributed by atoms with Gasteiger partial charge in [-0.15, -0.1) is 0 Å². The Bertz CT molecular complexity index is 2260. The van der Waals surface area contributed by atoms with E-state index in [4.69, 9.17) is 37.5 Å². The second-order valence-corrected chi connectivity index (χ2v) is 15.4. The summed E-state index contributed by atoms with van der Waals surface area (Å²) >= 11 is 8.00. The Kier molecular flexibility index (Phi) is 9.45. The summed E-state index contributed by atoms with van der Waals surface area (Å²) in [5, 5.41) is 14.0. The number of hydrogen-bond donors (Lipinski definition) is 2. The number of anilines is 2. The number of alkyl halides is 3. The molecule has 0 spiro atoms. The minimum absolute atomic E-state index is 0.0143. The highest BCUT2D eigenvalue weighted by Gasteiger charge is 2.49. The van der Waals surface area contributed by atoms with E-state index in [9.17, 15) is 18.4 Å². The molecule has 4 atom stereocenters. The molecule has 0 amide bonds. The molecule has 1 aromatic carbocycles. The fraction of sp³-hybridized carbons (Fsp3) is 0.417. The number of oxime groups is 1. The molecular formula is C36H33ClF5N9O3S. The van der Waals surface area contributed by atoms with Crippen LogP contribution in [0.15, 0.2) is 57.0 Å². The van der Waals surface area contributed by atoms with E-state index in [-0.39, 0.29) is 80.2 Å². The highest BCUT2D eigenvalue weighted by Crippen LogP contribution is 2.57. The van der Waals surface area contributed by atoms with Gasteiger partial charge in [-0.25, -0.2) is 13.8 Å². The number of allylic oxidation sites excluding steroid dienone is 5. The highest BCUT2D eigenvalue weighted by atomic mass is 35.5. The maximum atomic E-state index is 17.4. The number of nitrogens with zero attached hydrogens (tertiary/aromatic N) is 7. The first-order valence-electron chi connectivity index (χ1n) is 17.4. The van der Waals surface area contributed by atoms with Crippen molar-refractivity contribution in [2.75, 3.05) is 50.1 Å². The van der Waals surface area contributed by atoms with Crippen molar-refractivity contribution in [3.63, 3.8) is 0 Å². The van der Waals surface area contributed by atoms with Gasteiger partial charge in [-0.2, -0.15) is 28.4 Å². The van der Waals surface area contributed by atoms with Crippen LogP contribution in [0.25, 0.3) is 10.9 Å². The fourth-order valence-corrected chi connectivity index (χ4v) is 9.67. The van der Waals surface area contributed by atoms with Gasteiger partial charge in [0.15, 0.2) is 11.6 Å². The normalized spacial score (nSPS) is 24.9. The van der Waals surface area contributed by atoms with Crippen molar-refractivity contribution >= 4 is 51.6 Å². The number of thioether (sulfide) groups is 1. The van der Waals surface area contributed by atoms with Gasteiger partial charge in [0.2, 0.25) is 6.61 Å². The zero-order chi connectivity index (χ0) is 38.8. The Morgan fingerprint density at radius 3 is 2.84 bits per heavy atom. The predicted octanol–water partition coefficient (Wildman–Crippen LogP) is 6.80. The molecule has 2 unspecified atom stereocenters. The number of rotatable bonds is 8. The van der Waals surface area contributed by atoms with Crippen LogP contribution < -0.4 is 25.8 Å². The van der Waals surface area contributed by atoms with E-state index < -0.39 is 47.8 Å². The second-order valence-electron chi connectivity index (χ2n) is 13.9. The van der Waals surface area contributed by atoms with Gasteiger partial charge >= 0.3 is 12.2 Å². The van der Waals surface area contributed by atoms with Gasteiger partial charge in [-0.1, -0.05) is 40.7 Å². The topological polar surface area (TPSA) is 161 Å². The molecule has 5 aliphatic rings. The predicted molar refractivity (Wildman–Crippen MR) is 195 cm³/mol. The van der Waals surface area contributed by atoms with Crippen molar-refractivity contribution in [3.05, 3.63) is 73.8 Å². The van der Waals surface area contributed by atoms with E-state index in [0.717, 1.165) is 18.2 Å². The largest absolute Gasteiger partial charge is 0.489 e. The summed E-state index contributed by atoms with van der Waals surface area (Å²) < 4.78 is 83.3. The summed E-state index contributed by atoms with van der Waals surface area (Å²) in [5.41, 5.74) is 12.8. The third-order valence-corrected chi connectivity index (χ3v) is 12.2. The molecule has 2 saturated heterocycles. The molecule has 6 heterocycles. The van der Waals surface area contributed by atoms with Gasteiger partial charge < -0.3 is 30.7 Å². The van der Waals surface area contributed by atoms with Crippen LogP contribution >= 0.6 is 23.4 Å². The summed E-state index contributed by atoms with van der Waals surface area (Å²) in [6, 6.07) is 5.00. The molecule has 1 aliphatic carbocycles. The summed E-state index contributed by atoms with van der Waals surface area (Å²) in [7, 11) is 0. The first-order valence-corrected chi connectivity index (χ1v) is 18.6. The maximum Gasteiger partial charge on any atom is 0.425 e. The first-order chi connectivity index (χ1) is 26.3. The molecule has 0 bridgehead atoms. The minimum atomic E-state index is -4.52. The molecule has 3 aromatic rings. The lowest BCUT2D eigenvalue weighted by Crippen LogP contribution is -2.43. The van der Waals surface area contributed by atoms with Gasteiger partial charge in [0.05, 0.1) is 50.9 Å². The van der Waals surface area contributed by atoms with Crippen LogP contribution in [0.3, 0.4) is 0 Å². The molecule has 2 aromatic heterocycles. The van der Waals surface area contributed by atoms with E-state index in [2.05, 4.69) is 30.9 Å². The number of ether oxygens (including phenoxy) is 2. The maximum absolute atomic E-state index is 17.4. The molecule has 12 nitrogen and oxygen atoms in total. The molecular weight excluding hydrogens is 769 g/mol. The van der Waals surface area contributed by atoms with Crippen molar-refractivity contribution in [2.45, 2.75) is 49.9 Å². The van der Waals surface area contributed by atoms with Crippen molar-refractivity contribution in [2.24, 2.45) is 16.8 Å². The quantitative estimate of drug-likeness (QED) is 0.181. The van der Waals surface area contributed by atoms with Crippen molar-refractivity contribution in [1.82, 2.24) is 19.9 Å². The summed E-state index contributed by atoms with van der Waals surface area (Å²) in [4.78, 5) is 22.4. The number of hydrogen-bond acceptors (Lipinski definition) is 13. The van der Waals surface area contributed by atoms with Crippen LogP contribution in [0.4, 0.5) is 33.6 Å². The Balaban J connectivity index is 1.24. The van der Waals surface area contributed by atoms with E-state index in [1.807, 2.05) is 17.9 Å². The zero-order valence-electron chi connectivity index (χ0n) is 29.2. The van der Waals surface area contributed by atoms with E-state index in [1.165, 1.54) is 12.2 Å². The van der Waals surface area contributed by atoms with Crippen LogP contribution in [0.2, 0.25) is 5.02 Å². The lowest BCUT2D eigenvalue weighted by molar-refractivity contribution is -0.173. The Morgan fingerprint density at radius 1 is 1.25 bits per heavy atom. The number of aromatic nitrogens is 3. The van der Waals surface area contributed by atoms with E-state index >= 15 is 8.78 Å². The number of fused-ring (bicyclic) bond motifs is 2. The van der Waals surface area contributed by atoms with Gasteiger partial charge in [0, 0.05) is 47.0 Å². The molecule has 0 saturated carbocycles. The van der Waals surface area contributed by atoms with Gasteiger partial charge in [0.1, 0.15) is 36.2 Å². The zero-order valence-corrected chi connectivity index (χ0v) is 30.7. The number of nitriles is 1. The summed E-state index contributed by atoms with van der Waals surface area (Å²) in [5.74, 6) is -2.69. The molecule has 288 valence electrons. The summed E-state index contributed by atoms with van der Waals surface area (Å²) in [6.07, 6.45) is 1.46. The monoisotopic (exact) mass is 801 g/mol. The van der Waals surface area contributed by atoms with Crippen LogP contribution in [-0.4, -0.2) is 76.7 Å². The molecule has 0 radical (unpaired) electrons. The molecule has 4 N–H and O–H groups in total. The molecule has 55 heavy (non-hydrogen) atoms. The SMILES string of the molecule is C[C@H](c1cccnc1N)N1CCOc2c(Cl)c(C3C=CC(F)=C4SC(N)=C(C#N)C43)c(F)c3nc(OC[C@@]45CCCN4C/C(=N\OCC(F)(F)F)C5)nc1c23. The standard InChI is InChI=1S/C36H33ClF5N9O3S/c1-17(19-4-2-8-46-31(19)44)51-10-11-52-29-25-28(27(39)24(26(29)37)20-5-6-22(38)30-23(20)21(13-43)32(45)55-30)47-34(48-33(25)51)53-15-35-7-3-9-50(35)14-18(12-35)49-54-16-36(40,41)42/h2,4-6,8,17,20,23H,3,7,9-12,14-16,45H2,1H3,(H2,44,46)/b49-18-/t17-,20?,23?,35+/m1/s1. The van der Waals surface area contributed by atoms with E-state index in [0.29, 0.717) is 37.2 Å². The van der Waals surface area contributed by atoms with Crippen LogP contribution in [0.1, 0.15) is 49.3 Å². The minimum Gasteiger partial charge on any atom is -0.489 e. The van der Waals surface area contributed by atoms with Crippen molar-refractivity contribution in [3.8, 4) is 17.8 Å². The molecule has 4 aliphatic heterocycles. The van der Waals surface area contributed by atoms with Gasteiger partial charge in [0.25, 0.3) is 0 Å². The van der Waals surface area contributed by atoms with Gasteiger partial charge in [-0.3, -0.25) is 4.90 Å². The Hall–Kier alpha value is -4.86. The van der Waals surface area contributed by atoms with Crippen molar-refractivity contribution in [1.29, 1.82) is 5.26 Å². The van der Waals surface area contributed by atoms with Crippen LogP contribution in [0, 0.1) is 23.1 Å². The average molecular weight is 802 g/mol.